The number of aryl methyl sites for hydroxylation is 1. The molecule has 0 aliphatic carbocycles. The highest BCUT2D eigenvalue weighted by Crippen LogP contribution is 2.30. The molecule has 1 heterocycles. The first-order chi connectivity index (χ1) is 8.09. The van der Waals surface area contributed by atoms with E-state index in [0.29, 0.717) is 25.2 Å². The molecule has 0 amide bonds. The minimum Gasteiger partial charge on any atom is -0.388 e. The third kappa shape index (κ3) is 2.64. The maximum atomic E-state index is 13.8. The van der Waals surface area contributed by atoms with Gasteiger partial charge in [-0.1, -0.05) is 6.07 Å². The van der Waals surface area contributed by atoms with Crippen LogP contribution in [0.2, 0.25) is 0 Å². The van der Waals surface area contributed by atoms with Crippen LogP contribution in [0.15, 0.2) is 12.1 Å². The molecule has 1 saturated heterocycles. The average molecular weight is 242 g/mol. The summed E-state index contributed by atoms with van der Waals surface area (Å²) in [5, 5.41) is 9.93. The Morgan fingerprint density at radius 3 is 2.88 bits per heavy atom. The zero-order valence-corrected chi connectivity index (χ0v) is 9.75. The largest absolute Gasteiger partial charge is 0.388 e. The third-order valence-corrected chi connectivity index (χ3v) is 3.23. The van der Waals surface area contributed by atoms with E-state index in [4.69, 9.17) is 4.74 Å². The molecule has 1 aliphatic heterocycles. The van der Waals surface area contributed by atoms with Crippen LogP contribution < -0.4 is 0 Å². The van der Waals surface area contributed by atoms with Crippen LogP contribution >= 0.6 is 0 Å². The monoisotopic (exact) mass is 242 g/mol. The maximum Gasteiger partial charge on any atom is 0.134 e. The number of aliphatic hydroxyl groups excluding tert-OH is 1. The second-order valence-electron chi connectivity index (χ2n) is 4.57. The summed E-state index contributed by atoms with van der Waals surface area (Å²) < 4.78 is 32.5. The molecule has 2 rings (SSSR count). The number of benzene rings is 1. The van der Waals surface area contributed by atoms with Crippen molar-refractivity contribution in [1.82, 2.24) is 0 Å². The van der Waals surface area contributed by atoms with Gasteiger partial charge in [0.15, 0.2) is 0 Å². The molecule has 94 valence electrons. The Labute approximate surface area is 99.2 Å². The van der Waals surface area contributed by atoms with Crippen molar-refractivity contribution in [3.05, 3.63) is 34.9 Å². The molecule has 0 bridgehead atoms. The van der Waals surface area contributed by atoms with Gasteiger partial charge in [-0.15, -0.1) is 0 Å². The lowest BCUT2D eigenvalue weighted by Gasteiger charge is -2.17. The molecule has 1 aromatic rings. The molecule has 0 spiro atoms. The first-order valence-corrected chi connectivity index (χ1v) is 5.80. The lowest BCUT2D eigenvalue weighted by atomic mass is 9.94. The minimum absolute atomic E-state index is 0.185. The summed E-state index contributed by atoms with van der Waals surface area (Å²) in [4.78, 5) is 0. The van der Waals surface area contributed by atoms with E-state index < -0.39 is 17.7 Å². The molecule has 1 aromatic carbocycles. The van der Waals surface area contributed by atoms with Gasteiger partial charge in [-0.25, -0.2) is 8.78 Å². The van der Waals surface area contributed by atoms with E-state index >= 15 is 0 Å². The molecule has 0 radical (unpaired) electrons. The Hall–Kier alpha value is -1.00. The fourth-order valence-corrected chi connectivity index (χ4v) is 2.19. The predicted octanol–water partition coefficient (Wildman–Crippen LogP) is 2.73. The normalized spacial score (nSPS) is 21.8. The average Bonchev–Trinajstić information content (AvgIpc) is 2.77. The Morgan fingerprint density at radius 2 is 2.24 bits per heavy atom. The fraction of sp³-hybridized carbons (Fsp3) is 0.538. The van der Waals surface area contributed by atoms with Crippen molar-refractivity contribution >= 4 is 0 Å². The first-order valence-electron chi connectivity index (χ1n) is 5.80. The van der Waals surface area contributed by atoms with Crippen LogP contribution in [0.4, 0.5) is 8.78 Å². The number of hydrogen-bond acceptors (Lipinski definition) is 2. The van der Waals surface area contributed by atoms with Gasteiger partial charge in [0, 0.05) is 13.2 Å². The SMILES string of the molecule is Cc1ccc(F)c(C(O)CC2CCOC2)c1F. The van der Waals surface area contributed by atoms with Crippen molar-refractivity contribution in [2.45, 2.75) is 25.9 Å². The third-order valence-electron chi connectivity index (χ3n) is 3.23. The standard InChI is InChI=1S/C13H16F2O2/c1-8-2-3-10(14)12(13(8)15)11(16)6-9-4-5-17-7-9/h2-3,9,11,16H,4-7H2,1H3. The van der Waals surface area contributed by atoms with E-state index in [1.165, 1.54) is 12.1 Å². The molecular formula is C13H16F2O2. The number of hydrogen-bond donors (Lipinski definition) is 1. The van der Waals surface area contributed by atoms with Crippen molar-refractivity contribution in [3.63, 3.8) is 0 Å². The smallest absolute Gasteiger partial charge is 0.134 e. The fourth-order valence-electron chi connectivity index (χ4n) is 2.19. The minimum atomic E-state index is -1.10. The zero-order valence-electron chi connectivity index (χ0n) is 9.75. The Balaban J connectivity index is 2.17. The van der Waals surface area contributed by atoms with Crippen LogP contribution in [0.1, 0.15) is 30.1 Å². The van der Waals surface area contributed by atoms with Crippen molar-refractivity contribution in [2.24, 2.45) is 5.92 Å². The highest BCUT2D eigenvalue weighted by Gasteiger charge is 2.25. The van der Waals surface area contributed by atoms with E-state index in [2.05, 4.69) is 0 Å². The van der Waals surface area contributed by atoms with Crippen LogP contribution in [-0.4, -0.2) is 18.3 Å². The van der Waals surface area contributed by atoms with Crippen molar-refractivity contribution in [1.29, 1.82) is 0 Å². The van der Waals surface area contributed by atoms with E-state index in [9.17, 15) is 13.9 Å². The van der Waals surface area contributed by atoms with Gasteiger partial charge < -0.3 is 9.84 Å². The van der Waals surface area contributed by atoms with E-state index in [1.54, 1.807) is 6.92 Å². The first kappa shape index (κ1) is 12.5. The van der Waals surface area contributed by atoms with Crippen LogP contribution in [0, 0.1) is 24.5 Å². The Bertz CT molecular complexity index is 401. The Kier molecular flexibility index (Phi) is 3.74. The van der Waals surface area contributed by atoms with Gasteiger partial charge in [-0.05, 0) is 37.3 Å². The summed E-state index contributed by atoms with van der Waals surface area (Å²) in [6, 6.07) is 2.57. The van der Waals surface area contributed by atoms with Gasteiger partial charge >= 0.3 is 0 Å². The number of aliphatic hydroxyl groups is 1. The van der Waals surface area contributed by atoms with Crippen molar-refractivity contribution in [3.8, 4) is 0 Å². The van der Waals surface area contributed by atoms with Gasteiger partial charge in [0.05, 0.1) is 11.7 Å². The van der Waals surface area contributed by atoms with Gasteiger partial charge in [-0.3, -0.25) is 0 Å². The van der Waals surface area contributed by atoms with E-state index in [-0.39, 0.29) is 11.5 Å². The zero-order chi connectivity index (χ0) is 12.4. The maximum absolute atomic E-state index is 13.8. The lowest BCUT2D eigenvalue weighted by Crippen LogP contribution is -2.11. The molecule has 1 fully saturated rings. The molecule has 1 aliphatic rings. The quantitative estimate of drug-likeness (QED) is 0.883. The predicted molar refractivity (Wildman–Crippen MR) is 59.6 cm³/mol. The molecule has 0 saturated carbocycles. The lowest BCUT2D eigenvalue weighted by molar-refractivity contribution is 0.123. The van der Waals surface area contributed by atoms with Gasteiger partial charge in [0.1, 0.15) is 11.6 Å². The van der Waals surface area contributed by atoms with Crippen molar-refractivity contribution in [2.75, 3.05) is 13.2 Å². The number of rotatable bonds is 3. The molecule has 4 heteroatoms. The molecule has 2 atom stereocenters. The highest BCUT2D eigenvalue weighted by atomic mass is 19.1. The molecule has 2 nitrogen and oxygen atoms in total. The number of ether oxygens (including phenoxy) is 1. The van der Waals surface area contributed by atoms with Gasteiger partial charge in [-0.2, -0.15) is 0 Å². The summed E-state index contributed by atoms with van der Waals surface area (Å²) in [5.41, 5.74) is 0.139. The summed E-state index contributed by atoms with van der Waals surface area (Å²) in [7, 11) is 0. The van der Waals surface area contributed by atoms with Crippen LogP contribution in [-0.2, 0) is 4.74 Å². The molecule has 2 unspecified atom stereocenters. The van der Waals surface area contributed by atoms with E-state index in [0.717, 1.165) is 6.42 Å². The Morgan fingerprint density at radius 1 is 1.47 bits per heavy atom. The van der Waals surface area contributed by atoms with Crippen LogP contribution in [0.3, 0.4) is 0 Å². The summed E-state index contributed by atoms with van der Waals surface area (Å²) in [5.74, 6) is -1.14. The topological polar surface area (TPSA) is 29.5 Å². The summed E-state index contributed by atoms with van der Waals surface area (Å²) >= 11 is 0. The molecule has 0 aromatic heterocycles. The molecule has 17 heavy (non-hydrogen) atoms. The highest BCUT2D eigenvalue weighted by molar-refractivity contribution is 5.28. The molecule has 1 N–H and O–H groups in total. The van der Waals surface area contributed by atoms with Crippen molar-refractivity contribution < 1.29 is 18.6 Å². The molecular weight excluding hydrogens is 226 g/mol. The summed E-state index contributed by atoms with van der Waals surface area (Å²) in [6.07, 6.45) is 0.0882. The van der Waals surface area contributed by atoms with Crippen LogP contribution in [0.5, 0.6) is 0 Å². The second kappa shape index (κ2) is 5.10. The second-order valence-corrected chi connectivity index (χ2v) is 4.57. The van der Waals surface area contributed by atoms with Crippen LogP contribution in [0.25, 0.3) is 0 Å². The van der Waals surface area contributed by atoms with Gasteiger partial charge in [0.25, 0.3) is 0 Å². The number of halogens is 2. The summed E-state index contributed by atoms with van der Waals surface area (Å²) in [6.45, 7) is 2.78. The van der Waals surface area contributed by atoms with Gasteiger partial charge in [0.2, 0.25) is 0 Å². The van der Waals surface area contributed by atoms with E-state index in [1.807, 2.05) is 0 Å².